The van der Waals surface area contributed by atoms with Crippen molar-refractivity contribution in [3.05, 3.63) is 0 Å². The average molecular weight is 149 g/mol. The van der Waals surface area contributed by atoms with Gasteiger partial charge in [0.1, 0.15) is 0 Å². The highest BCUT2D eigenvalue weighted by atomic mass is 32.2. The number of alkyl halides is 1. The summed E-state index contributed by atoms with van der Waals surface area (Å²) in [5, 5.41) is 3.26. The smallest absolute Gasteiger partial charge is 0.0909 e. The first-order valence-corrected chi connectivity index (χ1v) is 4.46. The van der Waals surface area contributed by atoms with E-state index in [1.54, 1.807) is 0 Å². The van der Waals surface area contributed by atoms with E-state index < -0.39 is 0 Å². The predicted molar refractivity (Wildman–Crippen MR) is 39.7 cm³/mol. The molecule has 0 spiro atoms. The molecule has 3 heteroatoms. The maximum Gasteiger partial charge on any atom is 0.0909 e. The molecule has 1 aliphatic heterocycles. The summed E-state index contributed by atoms with van der Waals surface area (Å²) in [6.07, 6.45) is 0.688. The average Bonchev–Trinajstić information content (AvgIpc) is 1.91. The molecular formula is C6H12FNS. The highest BCUT2D eigenvalue weighted by Crippen LogP contribution is 2.09. The van der Waals surface area contributed by atoms with Gasteiger partial charge in [0, 0.05) is 24.1 Å². The lowest BCUT2D eigenvalue weighted by molar-refractivity contribution is 0.414. The number of hydrogen-bond acceptors (Lipinski definition) is 2. The van der Waals surface area contributed by atoms with Gasteiger partial charge in [-0.05, 0) is 6.42 Å². The Morgan fingerprint density at radius 2 is 2.56 bits per heavy atom. The highest BCUT2D eigenvalue weighted by Gasteiger charge is 2.11. The van der Waals surface area contributed by atoms with Gasteiger partial charge in [-0.3, -0.25) is 4.39 Å². The highest BCUT2D eigenvalue weighted by molar-refractivity contribution is 7.99. The lowest BCUT2D eigenvalue weighted by atomic mass is 10.2. The Morgan fingerprint density at radius 3 is 3.11 bits per heavy atom. The van der Waals surface area contributed by atoms with Crippen molar-refractivity contribution < 1.29 is 4.39 Å². The van der Waals surface area contributed by atoms with E-state index in [4.69, 9.17) is 0 Å². The third-order valence-electron chi connectivity index (χ3n) is 1.46. The van der Waals surface area contributed by atoms with E-state index >= 15 is 0 Å². The summed E-state index contributed by atoms with van der Waals surface area (Å²) in [4.78, 5) is 0. The fraction of sp³-hybridized carbons (Fsp3) is 1.00. The van der Waals surface area contributed by atoms with Gasteiger partial charge in [-0.2, -0.15) is 11.8 Å². The summed E-state index contributed by atoms with van der Waals surface area (Å²) < 4.78 is 11.7. The molecule has 54 valence electrons. The first kappa shape index (κ1) is 7.35. The molecule has 1 saturated heterocycles. The molecule has 0 aromatic carbocycles. The van der Waals surface area contributed by atoms with Gasteiger partial charge < -0.3 is 5.32 Å². The van der Waals surface area contributed by atoms with Crippen molar-refractivity contribution in [2.24, 2.45) is 0 Å². The summed E-state index contributed by atoms with van der Waals surface area (Å²) in [7, 11) is 0. The quantitative estimate of drug-likeness (QED) is 0.630. The first-order valence-electron chi connectivity index (χ1n) is 3.30. The van der Waals surface area contributed by atoms with Crippen LogP contribution in [0.3, 0.4) is 0 Å². The van der Waals surface area contributed by atoms with E-state index in [0.717, 1.165) is 12.3 Å². The molecule has 0 aromatic rings. The zero-order chi connectivity index (χ0) is 6.53. The second kappa shape index (κ2) is 4.12. The Balaban J connectivity index is 2.08. The van der Waals surface area contributed by atoms with Crippen LogP contribution >= 0.6 is 11.8 Å². The molecule has 1 aliphatic rings. The van der Waals surface area contributed by atoms with E-state index in [1.807, 2.05) is 11.8 Å². The van der Waals surface area contributed by atoms with Crippen LogP contribution in [-0.4, -0.2) is 30.8 Å². The lowest BCUT2D eigenvalue weighted by Gasteiger charge is -2.21. The van der Waals surface area contributed by atoms with Crippen molar-refractivity contribution in [2.45, 2.75) is 12.5 Å². The van der Waals surface area contributed by atoms with Crippen LogP contribution in [0.1, 0.15) is 6.42 Å². The molecule has 1 unspecified atom stereocenters. The second-order valence-electron chi connectivity index (χ2n) is 2.20. The van der Waals surface area contributed by atoms with Crippen LogP contribution in [0.2, 0.25) is 0 Å². The van der Waals surface area contributed by atoms with Crippen LogP contribution in [0.4, 0.5) is 4.39 Å². The molecular weight excluding hydrogens is 137 g/mol. The molecule has 0 saturated carbocycles. The number of nitrogens with one attached hydrogen (secondary N) is 1. The van der Waals surface area contributed by atoms with Crippen molar-refractivity contribution >= 4 is 11.8 Å². The van der Waals surface area contributed by atoms with Gasteiger partial charge in [-0.25, -0.2) is 0 Å². The molecule has 9 heavy (non-hydrogen) atoms. The topological polar surface area (TPSA) is 12.0 Å². The van der Waals surface area contributed by atoms with Crippen LogP contribution in [0.15, 0.2) is 0 Å². The summed E-state index contributed by atoms with van der Waals surface area (Å²) in [5.74, 6) is 2.27. The molecule has 0 aliphatic carbocycles. The molecule has 1 nitrogen and oxygen atoms in total. The molecule has 1 rings (SSSR count). The number of rotatable bonds is 2. The fourth-order valence-electron chi connectivity index (χ4n) is 0.937. The normalized spacial score (nSPS) is 28.3. The van der Waals surface area contributed by atoms with E-state index in [2.05, 4.69) is 5.32 Å². The maximum absolute atomic E-state index is 11.7. The minimum Gasteiger partial charge on any atom is -0.312 e. The fourth-order valence-corrected chi connectivity index (χ4v) is 1.93. The summed E-state index contributed by atoms with van der Waals surface area (Å²) in [5.41, 5.74) is 0. The zero-order valence-electron chi connectivity index (χ0n) is 5.40. The van der Waals surface area contributed by atoms with Crippen LogP contribution in [-0.2, 0) is 0 Å². The Labute approximate surface area is 59.4 Å². The van der Waals surface area contributed by atoms with Crippen molar-refractivity contribution in [1.82, 2.24) is 5.32 Å². The van der Waals surface area contributed by atoms with Gasteiger partial charge in [0.2, 0.25) is 0 Å². The molecule has 0 aromatic heterocycles. The predicted octanol–water partition coefficient (Wildman–Crippen LogP) is 1.05. The standard InChI is InChI=1S/C6H12FNS/c7-2-1-6-5-9-4-3-8-6/h6,8H,1-5H2. The second-order valence-corrected chi connectivity index (χ2v) is 3.35. The zero-order valence-corrected chi connectivity index (χ0v) is 6.22. The third kappa shape index (κ3) is 2.54. The molecule has 1 heterocycles. The summed E-state index contributed by atoms with van der Waals surface area (Å²) in [6.45, 7) is 0.869. The molecule has 1 atom stereocenters. The van der Waals surface area contributed by atoms with E-state index in [9.17, 15) is 4.39 Å². The van der Waals surface area contributed by atoms with Gasteiger partial charge in [0.25, 0.3) is 0 Å². The maximum atomic E-state index is 11.7. The molecule has 1 fully saturated rings. The van der Waals surface area contributed by atoms with Crippen LogP contribution < -0.4 is 5.32 Å². The van der Waals surface area contributed by atoms with Crippen LogP contribution in [0.25, 0.3) is 0 Å². The van der Waals surface area contributed by atoms with Crippen LogP contribution in [0, 0.1) is 0 Å². The number of hydrogen-bond donors (Lipinski definition) is 1. The minimum atomic E-state index is -0.182. The van der Waals surface area contributed by atoms with Gasteiger partial charge in [0.15, 0.2) is 0 Å². The van der Waals surface area contributed by atoms with Gasteiger partial charge in [0.05, 0.1) is 6.67 Å². The monoisotopic (exact) mass is 149 g/mol. The number of halogens is 1. The molecule has 0 amide bonds. The van der Waals surface area contributed by atoms with Crippen molar-refractivity contribution in [3.63, 3.8) is 0 Å². The Kier molecular flexibility index (Phi) is 3.36. The SMILES string of the molecule is FCCC1CSCCN1. The first-order chi connectivity index (χ1) is 4.43. The Morgan fingerprint density at radius 1 is 1.67 bits per heavy atom. The molecule has 0 bridgehead atoms. The number of thioether (sulfide) groups is 1. The molecule has 1 N–H and O–H groups in total. The van der Waals surface area contributed by atoms with Crippen molar-refractivity contribution in [3.8, 4) is 0 Å². The van der Waals surface area contributed by atoms with Gasteiger partial charge in [-0.15, -0.1) is 0 Å². The van der Waals surface area contributed by atoms with E-state index in [-0.39, 0.29) is 6.67 Å². The summed E-state index contributed by atoms with van der Waals surface area (Å²) in [6, 6.07) is 0.439. The van der Waals surface area contributed by atoms with Crippen LogP contribution in [0.5, 0.6) is 0 Å². The van der Waals surface area contributed by atoms with E-state index in [1.165, 1.54) is 5.75 Å². The largest absolute Gasteiger partial charge is 0.312 e. The summed E-state index contributed by atoms with van der Waals surface area (Å²) >= 11 is 1.91. The molecule has 0 radical (unpaired) electrons. The van der Waals surface area contributed by atoms with Crippen molar-refractivity contribution in [1.29, 1.82) is 0 Å². The third-order valence-corrected chi connectivity index (χ3v) is 2.59. The Hall–Kier alpha value is 0.240. The van der Waals surface area contributed by atoms with E-state index in [0.29, 0.717) is 12.5 Å². The van der Waals surface area contributed by atoms with Gasteiger partial charge in [-0.1, -0.05) is 0 Å². The van der Waals surface area contributed by atoms with Crippen molar-refractivity contribution in [2.75, 3.05) is 24.7 Å². The minimum absolute atomic E-state index is 0.182. The van der Waals surface area contributed by atoms with Gasteiger partial charge >= 0.3 is 0 Å². The Bertz CT molecular complexity index is 70.7. The lowest BCUT2D eigenvalue weighted by Crippen LogP contribution is -2.37.